The summed E-state index contributed by atoms with van der Waals surface area (Å²) in [6.07, 6.45) is 4.95. The Balaban J connectivity index is 2.85. The first-order valence-electron chi connectivity index (χ1n) is 5.46. The molecule has 0 aromatic carbocycles. The minimum Gasteiger partial charge on any atom is -0.327 e. The molecule has 1 heteroatoms. The molecule has 1 saturated carbocycles. The Morgan fingerprint density at radius 1 is 1.62 bits per heavy atom. The molecule has 0 aliphatic heterocycles. The van der Waals surface area contributed by atoms with E-state index >= 15 is 0 Å². The van der Waals surface area contributed by atoms with Crippen LogP contribution in [0.3, 0.4) is 0 Å². The van der Waals surface area contributed by atoms with Gasteiger partial charge in [0.15, 0.2) is 0 Å². The molecule has 1 aliphatic carbocycles. The molecule has 0 saturated heterocycles. The lowest BCUT2D eigenvalue weighted by molar-refractivity contribution is 0.275. The third kappa shape index (κ3) is 1.67. The Morgan fingerprint density at radius 3 is 2.54 bits per heavy atom. The highest BCUT2D eigenvalue weighted by molar-refractivity contribution is 5.16. The molecule has 0 aromatic rings. The lowest BCUT2D eigenvalue weighted by atomic mass is 9.72. The molecule has 0 heterocycles. The van der Waals surface area contributed by atoms with E-state index in [4.69, 9.17) is 5.73 Å². The van der Waals surface area contributed by atoms with Crippen LogP contribution >= 0.6 is 0 Å². The lowest BCUT2D eigenvalue weighted by Crippen LogP contribution is -2.40. The van der Waals surface area contributed by atoms with E-state index in [1.54, 1.807) is 0 Å². The van der Waals surface area contributed by atoms with Crippen molar-refractivity contribution in [1.82, 2.24) is 0 Å². The maximum Gasteiger partial charge on any atom is 0.0159 e. The van der Waals surface area contributed by atoms with Crippen LogP contribution in [-0.4, -0.2) is 6.04 Å². The monoisotopic (exact) mass is 181 g/mol. The topological polar surface area (TPSA) is 26.0 Å². The van der Waals surface area contributed by atoms with E-state index in [9.17, 15) is 0 Å². The van der Waals surface area contributed by atoms with Gasteiger partial charge in [0.1, 0.15) is 0 Å². The molecule has 76 valence electrons. The molecular formula is C12H23N. The zero-order chi connectivity index (χ0) is 10.1. The molecule has 3 unspecified atom stereocenters. The molecule has 3 atom stereocenters. The van der Waals surface area contributed by atoms with E-state index in [0.29, 0.717) is 12.0 Å². The van der Waals surface area contributed by atoms with Gasteiger partial charge in [-0.1, -0.05) is 32.4 Å². The molecule has 0 aromatic heterocycles. The molecule has 2 N–H and O–H groups in total. The van der Waals surface area contributed by atoms with E-state index < -0.39 is 0 Å². The minimum atomic E-state index is 0.258. The van der Waals surface area contributed by atoms with Crippen LogP contribution in [0.25, 0.3) is 0 Å². The minimum absolute atomic E-state index is 0.258. The highest BCUT2D eigenvalue weighted by atomic mass is 14.7. The van der Waals surface area contributed by atoms with Gasteiger partial charge in [0.25, 0.3) is 0 Å². The Hall–Kier alpha value is -0.300. The van der Waals surface area contributed by atoms with Crippen molar-refractivity contribution < 1.29 is 0 Å². The standard InChI is InChI=1S/C12H23N/c1-5-7-12(9(2)3)8-6-10(4)11(12)13/h10-11H,2,5-8,13H2,1,3-4H3. The van der Waals surface area contributed by atoms with E-state index in [-0.39, 0.29) is 5.41 Å². The Bertz CT molecular complexity index is 193. The second kappa shape index (κ2) is 3.83. The molecule has 1 nitrogen and oxygen atoms in total. The summed E-state index contributed by atoms with van der Waals surface area (Å²) in [7, 11) is 0. The molecule has 1 rings (SSSR count). The van der Waals surface area contributed by atoms with Crippen LogP contribution < -0.4 is 5.73 Å². The van der Waals surface area contributed by atoms with E-state index in [1.807, 2.05) is 0 Å². The molecular weight excluding hydrogens is 158 g/mol. The highest BCUT2D eigenvalue weighted by Crippen LogP contribution is 2.48. The first-order valence-corrected chi connectivity index (χ1v) is 5.46. The van der Waals surface area contributed by atoms with Gasteiger partial charge in [-0.3, -0.25) is 0 Å². The van der Waals surface area contributed by atoms with Gasteiger partial charge in [0.2, 0.25) is 0 Å². The Labute approximate surface area is 82.4 Å². The summed E-state index contributed by atoms with van der Waals surface area (Å²) in [5.41, 5.74) is 7.84. The van der Waals surface area contributed by atoms with Crippen LogP contribution in [-0.2, 0) is 0 Å². The number of nitrogens with two attached hydrogens (primary N) is 1. The Morgan fingerprint density at radius 2 is 2.23 bits per heavy atom. The Kier molecular flexibility index (Phi) is 3.18. The van der Waals surface area contributed by atoms with Crippen molar-refractivity contribution in [3.63, 3.8) is 0 Å². The first kappa shape index (κ1) is 10.8. The molecule has 0 radical (unpaired) electrons. The van der Waals surface area contributed by atoms with Gasteiger partial charge in [0, 0.05) is 11.5 Å². The predicted octanol–water partition coefficient (Wildman–Crippen LogP) is 3.11. The lowest BCUT2D eigenvalue weighted by Gasteiger charge is -2.35. The van der Waals surface area contributed by atoms with Gasteiger partial charge in [-0.05, 0) is 32.1 Å². The average molecular weight is 181 g/mol. The SMILES string of the molecule is C=C(C)C1(CCC)CCC(C)C1N. The molecule has 0 spiro atoms. The van der Waals surface area contributed by atoms with Crippen LogP contribution in [0.4, 0.5) is 0 Å². The second-order valence-corrected chi connectivity index (χ2v) is 4.73. The van der Waals surface area contributed by atoms with Gasteiger partial charge in [0.05, 0.1) is 0 Å². The fraction of sp³-hybridized carbons (Fsp3) is 0.833. The fourth-order valence-corrected chi connectivity index (χ4v) is 2.83. The largest absolute Gasteiger partial charge is 0.327 e. The molecule has 13 heavy (non-hydrogen) atoms. The van der Waals surface area contributed by atoms with Gasteiger partial charge in [-0.25, -0.2) is 0 Å². The van der Waals surface area contributed by atoms with E-state index in [0.717, 1.165) is 0 Å². The first-order chi connectivity index (χ1) is 6.04. The van der Waals surface area contributed by atoms with Gasteiger partial charge in [-0.2, -0.15) is 0 Å². The van der Waals surface area contributed by atoms with Gasteiger partial charge < -0.3 is 5.73 Å². The van der Waals surface area contributed by atoms with Crippen molar-refractivity contribution in [2.24, 2.45) is 17.1 Å². The van der Waals surface area contributed by atoms with Crippen LogP contribution in [0, 0.1) is 11.3 Å². The highest BCUT2D eigenvalue weighted by Gasteiger charge is 2.44. The molecule has 1 fully saturated rings. The van der Waals surface area contributed by atoms with Crippen molar-refractivity contribution in [1.29, 1.82) is 0 Å². The van der Waals surface area contributed by atoms with Crippen molar-refractivity contribution >= 4 is 0 Å². The summed E-state index contributed by atoms with van der Waals surface area (Å²) >= 11 is 0. The summed E-state index contributed by atoms with van der Waals surface area (Å²) in [6.45, 7) is 10.8. The summed E-state index contributed by atoms with van der Waals surface area (Å²) in [4.78, 5) is 0. The normalized spacial score (nSPS) is 39.4. The maximum absolute atomic E-state index is 6.28. The number of hydrogen-bond acceptors (Lipinski definition) is 1. The van der Waals surface area contributed by atoms with Crippen molar-refractivity contribution in [3.05, 3.63) is 12.2 Å². The summed E-state index contributed by atoms with van der Waals surface area (Å²) in [5.74, 6) is 0.670. The summed E-state index contributed by atoms with van der Waals surface area (Å²) in [5, 5.41) is 0. The predicted molar refractivity (Wildman–Crippen MR) is 58.5 cm³/mol. The van der Waals surface area contributed by atoms with Crippen molar-refractivity contribution in [2.75, 3.05) is 0 Å². The fourth-order valence-electron chi connectivity index (χ4n) is 2.83. The molecule has 1 aliphatic rings. The van der Waals surface area contributed by atoms with Crippen LogP contribution in [0.2, 0.25) is 0 Å². The molecule has 0 bridgehead atoms. The zero-order valence-electron chi connectivity index (χ0n) is 9.27. The third-order valence-corrected chi connectivity index (χ3v) is 3.84. The van der Waals surface area contributed by atoms with Crippen molar-refractivity contribution in [3.8, 4) is 0 Å². The van der Waals surface area contributed by atoms with Gasteiger partial charge >= 0.3 is 0 Å². The molecule has 0 amide bonds. The quantitative estimate of drug-likeness (QED) is 0.665. The van der Waals surface area contributed by atoms with Crippen LogP contribution in [0.15, 0.2) is 12.2 Å². The average Bonchev–Trinajstić information content (AvgIpc) is 2.34. The van der Waals surface area contributed by atoms with Crippen LogP contribution in [0.1, 0.15) is 46.5 Å². The third-order valence-electron chi connectivity index (χ3n) is 3.84. The zero-order valence-corrected chi connectivity index (χ0v) is 9.27. The summed E-state index contributed by atoms with van der Waals surface area (Å²) in [6, 6.07) is 0.338. The van der Waals surface area contributed by atoms with Gasteiger partial charge in [-0.15, -0.1) is 0 Å². The van der Waals surface area contributed by atoms with Crippen LogP contribution in [0.5, 0.6) is 0 Å². The van der Waals surface area contributed by atoms with E-state index in [2.05, 4.69) is 27.4 Å². The number of hydrogen-bond donors (Lipinski definition) is 1. The number of rotatable bonds is 3. The van der Waals surface area contributed by atoms with E-state index in [1.165, 1.54) is 31.3 Å². The van der Waals surface area contributed by atoms with Crippen molar-refractivity contribution in [2.45, 2.75) is 52.5 Å². The second-order valence-electron chi connectivity index (χ2n) is 4.73. The maximum atomic E-state index is 6.28. The smallest absolute Gasteiger partial charge is 0.0159 e. The summed E-state index contributed by atoms with van der Waals surface area (Å²) < 4.78 is 0.